The van der Waals surface area contributed by atoms with Crippen molar-refractivity contribution in [1.29, 1.82) is 0 Å². The van der Waals surface area contributed by atoms with Crippen molar-refractivity contribution in [3.8, 4) is 16.9 Å². The number of nitrogens with zero attached hydrogens (tertiary/aromatic N) is 3. The number of hydrogen-bond acceptors (Lipinski definition) is 7. The van der Waals surface area contributed by atoms with Crippen LogP contribution in [0.4, 0.5) is 17.2 Å². The van der Waals surface area contributed by atoms with E-state index in [1.54, 1.807) is 23.5 Å². The molecular weight excluding hydrogens is 412 g/mol. The molecule has 0 atom stereocenters. The summed E-state index contributed by atoms with van der Waals surface area (Å²) in [4.78, 5) is 20.7. The molecule has 0 spiro atoms. The van der Waals surface area contributed by atoms with Crippen molar-refractivity contribution in [3.63, 3.8) is 0 Å². The maximum atomic E-state index is 11.4. The quantitative estimate of drug-likeness (QED) is 0.312. The number of benzene rings is 2. The summed E-state index contributed by atoms with van der Waals surface area (Å²) >= 11 is 1.57. The Hall–Kier alpha value is -3.52. The van der Waals surface area contributed by atoms with E-state index in [0.29, 0.717) is 11.5 Å². The molecule has 0 unspecified atom stereocenters. The molecule has 0 aliphatic heterocycles. The van der Waals surface area contributed by atoms with E-state index >= 15 is 0 Å². The van der Waals surface area contributed by atoms with Gasteiger partial charge in [-0.2, -0.15) is 0 Å². The van der Waals surface area contributed by atoms with E-state index < -0.39 is 4.92 Å². The van der Waals surface area contributed by atoms with E-state index in [9.17, 15) is 10.1 Å². The average molecular weight is 433 g/mol. The number of nitro groups is 1. The highest BCUT2D eigenvalue weighted by Gasteiger charge is 2.18. The Labute approximate surface area is 182 Å². The van der Waals surface area contributed by atoms with Crippen molar-refractivity contribution in [2.24, 2.45) is 0 Å². The van der Waals surface area contributed by atoms with Gasteiger partial charge in [-0.25, -0.2) is 9.97 Å². The lowest BCUT2D eigenvalue weighted by atomic mass is 9.89. The molecule has 4 aromatic rings. The number of thiophene rings is 1. The van der Waals surface area contributed by atoms with E-state index in [1.807, 2.05) is 0 Å². The lowest BCUT2D eigenvalue weighted by Crippen LogP contribution is -2.02. The summed E-state index contributed by atoms with van der Waals surface area (Å²) in [5.74, 6) is 0.840. The van der Waals surface area contributed by atoms with Crippen LogP contribution in [-0.4, -0.2) is 22.0 Å². The third-order valence-corrected chi connectivity index (χ3v) is 6.55. The second-order valence-electron chi connectivity index (χ2n) is 7.51. The van der Waals surface area contributed by atoms with Crippen LogP contribution in [0.25, 0.3) is 21.3 Å². The molecule has 8 heteroatoms. The summed E-state index contributed by atoms with van der Waals surface area (Å²) in [6.07, 6.45) is 6.25. The van der Waals surface area contributed by atoms with Crippen LogP contribution >= 0.6 is 11.3 Å². The molecule has 2 aromatic carbocycles. The topological polar surface area (TPSA) is 90.2 Å². The molecule has 156 valence electrons. The van der Waals surface area contributed by atoms with Crippen LogP contribution in [0.2, 0.25) is 0 Å². The zero-order chi connectivity index (χ0) is 21.4. The van der Waals surface area contributed by atoms with Crippen LogP contribution in [0.5, 0.6) is 5.75 Å². The Morgan fingerprint density at radius 1 is 1.10 bits per heavy atom. The number of aryl methyl sites for hydroxylation is 2. The van der Waals surface area contributed by atoms with Gasteiger partial charge in [0, 0.05) is 22.7 Å². The van der Waals surface area contributed by atoms with Crippen LogP contribution in [0.15, 0.2) is 48.1 Å². The van der Waals surface area contributed by atoms with E-state index in [4.69, 9.17) is 4.74 Å². The van der Waals surface area contributed by atoms with Gasteiger partial charge in [0.1, 0.15) is 17.0 Å². The first-order chi connectivity index (χ1) is 15.1. The summed E-state index contributed by atoms with van der Waals surface area (Å²) in [5, 5.41) is 17.7. The van der Waals surface area contributed by atoms with Gasteiger partial charge in [0.2, 0.25) is 0 Å². The fraction of sp³-hybridized carbons (Fsp3) is 0.217. The van der Waals surface area contributed by atoms with Crippen molar-refractivity contribution < 1.29 is 9.66 Å². The minimum absolute atomic E-state index is 0.0990. The molecule has 0 amide bonds. The SMILES string of the molecule is COc1ccc(Nc2ncnc3scc(-c4ccc5c(c4)CCCC5)c23)cc1[N+](=O)[O-]. The van der Waals surface area contributed by atoms with E-state index in [0.717, 1.165) is 34.2 Å². The highest BCUT2D eigenvalue weighted by atomic mass is 32.1. The third-order valence-electron chi connectivity index (χ3n) is 5.67. The van der Waals surface area contributed by atoms with Crippen LogP contribution in [-0.2, 0) is 12.8 Å². The smallest absolute Gasteiger partial charge is 0.312 e. The summed E-state index contributed by atoms with van der Waals surface area (Å²) in [6.45, 7) is 0. The third kappa shape index (κ3) is 3.59. The molecular formula is C23H20N4O3S. The molecule has 31 heavy (non-hydrogen) atoms. The predicted octanol–water partition coefficient (Wildman–Crippen LogP) is 5.90. The molecule has 0 saturated carbocycles. The van der Waals surface area contributed by atoms with Gasteiger partial charge in [-0.3, -0.25) is 10.1 Å². The van der Waals surface area contributed by atoms with Crippen molar-refractivity contribution in [2.75, 3.05) is 12.4 Å². The van der Waals surface area contributed by atoms with Crippen molar-refractivity contribution in [2.45, 2.75) is 25.7 Å². The first-order valence-electron chi connectivity index (χ1n) is 10.1. The minimum atomic E-state index is -0.456. The zero-order valence-corrected chi connectivity index (χ0v) is 17.7. The Morgan fingerprint density at radius 2 is 1.94 bits per heavy atom. The predicted molar refractivity (Wildman–Crippen MR) is 122 cm³/mol. The van der Waals surface area contributed by atoms with E-state index in [2.05, 4.69) is 38.9 Å². The van der Waals surface area contributed by atoms with Gasteiger partial charge >= 0.3 is 5.69 Å². The first kappa shape index (κ1) is 19.4. The summed E-state index contributed by atoms with van der Waals surface area (Å²) in [7, 11) is 1.42. The summed E-state index contributed by atoms with van der Waals surface area (Å²) in [6, 6.07) is 11.5. The first-order valence-corrected chi connectivity index (χ1v) is 11.0. The standard InChI is InChI=1S/C23H20N4O3S/c1-30-20-9-8-17(11-19(20)27(28)29)26-22-21-18(12-31-23(21)25-13-24-22)16-7-6-14-4-2-3-5-15(14)10-16/h6-13H,2-5H2,1H3,(H,24,25,26). The number of nitro benzene ring substituents is 1. The molecule has 7 nitrogen and oxygen atoms in total. The molecule has 2 heterocycles. The van der Waals surface area contributed by atoms with Gasteiger partial charge in [0.15, 0.2) is 5.75 Å². The largest absolute Gasteiger partial charge is 0.490 e. The molecule has 1 N–H and O–H groups in total. The molecule has 1 aliphatic carbocycles. The van der Waals surface area contributed by atoms with Gasteiger partial charge < -0.3 is 10.1 Å². The number of hydrogen-bond donors (Lipinski definition) is 1. The Kier molecular flexibility index (Phi) is 4.99. The fourth-order valence-corrected chi connectivity index (χ4v) is 5.05. The molecule has 1 aliphatic rings. The molecule has 0 fully saturated rings. The van der Waals surface area contributed by atoms with Crippen LogP contribution < -0.4 is 10.1 Å². The summed E-state index contributed by atoms with van der Waals surface area (Å²) in [5.41, 5.74) is 5.54. The normalized spacial score (nSPS) is 13.1. The molecule has 0 saturated heterocycles. The molecule has 0 bridgehead atoms. The zero-order valence-electron chi connectivity index (χ0n) is 16.9. The maximum absolute atomic E-state index is 11.4. The highest BCUT2D eigenvalue weighted by Crippen LogP contribution is 2.39. The lowest BCUT2D eigenvalue weighted by molar-refractivity contribution is -0.385. The highest BCUT2D eigenvalue weighted by molar-refractivity contribution is 7.17. The average Bonchev–Trinajstić information content (AvgIpc) is 3.24. The van der Waals surface area contributed by atoms with Crippen LogP contribution in [0.1, 0.15) is 24.0 Å². The Balaban J connectivity index is 1.58. The number of nitrogens with one attached hydrogen (secondary N) is 1. The fourth-order valence-electron chi connectivity index (χ4n) is 4.13. The Morgan fingerprint density at radius 3 is 2.74 bits per heavy atom. The lowest BCUT2D eigenvalue weighted by Gasteiger charge is -2.16. The van der Waals surface area contributed by atoms with Gasteiger partial charge in [-0.15, -0.1) is 11.3 Å². The number of aromatic nitrogens is 2. The maximum Gasteiger partial charge on any atom is 0.312 e. The number of methoxy groups -OCH3 is 1. The summed E-state index contributed by atoms with van der Waals surface area (Å²) < 4.78 is 5.10. The van der Waals surface area contributed by atoms with Gasteiger partial charge in [0.25, 0.3) is 0 Å². The number of fused-ring (bicyclic) bond motifs is 2. The van der Waals surface area contributed by atoms with E-state index in [1.165, 1.54) is 43.5 Å². The Bertz CT molecular complexity index is 1300. The molecule has 2 aromatic heterocycles. The molecule has 0 radical (unpaired) electrons. The van der Waals surface area contributed by atoms with Gasteiger partial charge in [-0.1, -0.05) is 18.2 Å². The van der Waals surface area contributed by atoms with Gasteiger partial charge in [0.05, 0.1) is 17.4 Å². The number of anilines is 2. The van der Waals surface area contributed by atoms with Crippen molar-refractivity contribution >= 4 is 38.7 Å². The van der Waals surface area contributed by atoms with Crippen LogP contribution in [0.3, 0.4) is 0 Å². The van der Waals surface area contributed by atoms with Crippen LogP contribution in [0, 0.1) is 10.1 Å². The number of rotatable bonds is 5. The second kappa shape index (κ2) is 7.96. The second-order valence-corrected chi connectivity index (χ2v) is 8.37. The monoisotopic (exact) mass is 432 g/mol. The van der Waals surface area contributed by atoms with Crippen molar-refractivity contribution in [3.05, 3.63) is 69.3 Å². The molecule has 5 rings (SSSR count). The minimum Gasteiger partial charge on any atom is -0.490 e. The van der Waals surface area contributed by atoms with Gasteiger partial charge in [-0.05, 0) is 54.5 Å². The van der Waals surface area contributed by atoms with E-state index in [-0.39, 0.29) is 11.4 Å². The van der Waals surface area contributed by atoms with Crippen molar-refractivity contribution in [1.82, 2.24) is 9.97 Å². The number of ether oxygens (including phenoxy) is 1.